The number of hydrogen-bond donors (Lipinski definition) is 1. The van der Waals surface area contributed by atoms with Gasteiger partial charge in [0.05, 0.1) is 40.8 Å². The number of carbonyl (C=O) groups excluding carboxylic acids is 2. The number of rotatable bonds is 35. The molecule has 0 amide bonds. The number of esters is 2. The molecule has 0 rings (SSSR count). The van der Waals surface area contributed by atoms with Gasteiger partial charge in [-0.05, 0) is 70.6 Å². The quantitative estimate of drug-likeness (QED) is 0.0223. The van der Waals surface area contributed by atoms with Gasteiger partial charge in [-0.3, -0.25) is 9.59 Å². The summed E-state index contributed by atoms with van der Waals surface area (Å²) in [6, 6.07) is 0. The number of allylic oxidation sites excluding steroid dienone is 15. The second-order valence-electron chi connectivity index (χ2n) is 14.2. The Kier molecular flexibility index (Phi) is 34.6. The number of unbranched alkanes of at least 4 members (excludes halogenated alkanes) is 5. The van der Waals surface area contributed by atoms with E-state index in [4.69, 9.17) is 18.9 Å². The highest BCUT2D eigenvalue weighted by molar-refractivity contribution is 5.72. The van der Waals surface area contributed by atoms with Crippen molar-refractivity contribution in [2.75, 3.05) is 47.5 Å². The molecule has 0 aliphatic rings. The highest BCUT2D eigenvalue weighted by atomic mass is 16.7. The van der Waals surface area contributed by atoms with Crippen LogP contribution in [0.2, 0.25) is 0 Å². The summed E-state index contributed by atoms with van der Waals surface area (Å²) in [6.45, 7) is 4.46. The molecule has 0 radical (unpaired) electrons. The summed E-state index contributed by atoms with van der Waals surface area (Å²) < 4.78 is 22.5. The molecule has 0 saturated carbocycles. The number of carboxylic acid groups (broad SMARTS) is 1. The number of carboxylic acids is 1. The van der Waals surface area contributed by atoms with Crippen LogP contribution in [0.3, 0.4) is 0 Å². The van der Waals surface area contributed by atoms with Crippen LogP contribution in [0.25, 0.3) is 0 Å². The highest BCUT2D eigenvalue weighted by Crippen LogP contribution is 2.10. The predicted octanol–water partition coefficient (Wildman–Crippen LogP) is 10.3. The van der Waals surface area contributed by atoms with Crippen molar-refractivity contribution >= 4 is 17.9 Å². The molecule has 2 unspecified atom stereocenters. The molecule has 310 valence electrons. The summed E-state index contributed by atoms with van der Waals surface area (Å²) in [5.74, 6) is -2.22. The van der Waals surface area contributed by atoms with Gasteiger partial charge in [0.25, 0.3) is 6.29 Å². The van der Waals surface area contributed by atoms with Crippen molar-refractivity contribution in [2.24, 2.45) is 0 Å². The molecule has 9 heteroatoms. The lowest BCUT2D eigenvalue weighted by Gasteiger charge is -2.25. The molecule has 2 atom stereocenters. The van der Waals surface area contributed by atoms with Gasteiger partial charge in [-0.2, -0.15) is 0 Å². The Bertz CT molecular complexity index is 1220. The van der Waals surface area contributed by atoms with Crippen molar-refractivity contribution in [3.8, 4) is 0 Å². The summed E-state index contributed by atoms with van der Waals surface area (Å²) in [7, 11) is 5.90. The van der Waals surface area contributed by atoms with Gasteiger partial charge in [0.15, 0.2) is 6.10 Å². The Morgan fingerprint density at radius 2 is 1.04 bits per heavy atom. The van der Waals surface area contributed by atoms with Gasteiger partial charge < -0.3 is 28.5 Å². The van der Waals surface area contributed by atoms with Crippen LogP contribution in [0.4, 0.5) is 0 Å². The molecule has 0 aromatic carbocycles. The molecule has 0 aliphatic carbocycles. The van der Waals surface area contributed by atoms with Crippen molar-refractivity contribution in [1.29, 1.82) is 0 Å². The monoisotopic (exact) mass is 769 g/mol. The largest absolute Gasteiger partial charge is 0.477 e. The molecule has 55 heavy (non-hydrogen) atoms. The molecule has 0 aliphatic heterocycles. The Morgan fingerprint density at radius 3 is 1.55 bits per heavy atom. The molecule has 1 N–H and O–H groups in total. The maximum Gasteiger partial charge on any atom is 0.361 e. The minimum absolute atomic E-state index is 0.0180. The molecular weight excluding hydrogens is 695 g/mol. The number of aliphatic carboxylic acids is 1. The molecular formula is C46H74NO8+. The van der Waals surface area contributed by atoms with Crippen molar-refractivity contribution in [3.05, 3.63) is 97.2 Å². The molecule has 0 fully saturated rings. The zero-order valence-corrected chi connectivity index (χ0v) is 34.8. The van der Waals surface area contributed by atoms with Gasteiger partial charge in [-0.25, -0.2) is 4.79 Å². The summed E-state index contributed by atoms with van der Waals surface area (Å²) >= 11 is 0. The van der Waals surface area contributed by atoms with Crippen molar-refractivity contribution in [1.82, 2.24) is 0 Å². The zero-order valence-electron chi connectivity index (χ0n) is 34.8. The van der Waals surface area contributed by atoms with E-state index in [0.29, 0.717) is 23.9 Å². The lowest BCUT2D eigenvalue weighted by atomic mass is 10.1. The lowest BCUT2D eigenvalue weighted by Crippen LogP contribution is -2.40. The minimum atomic E-state index is -1.54. The first-order valence-electron chi connectivity index (χ1n) is 20.4. The highest BCUT2D eigenvalue weighted by Gasteiger charge is 2.24. The first-order valence-corrected chi connectivity index (χ1v) is 20.4. The van der Waals surface area contributed by atoms with Crippen molar-refractivity contribution in [3.63, 3.8) is 0 Å². The van der Waals surface area contributed by atoms with E-state index < -0.39 is 30.3 Å². The summed E-state index contributed by atoms with van der Waals surface area (Å²) in [5, 5.41) is 9.60. The number of hydrogen-bond acceptors (Lipinski definition) is 7. The van der Waals surface area contributed by atoms with Gasteiger partial charge in [-0.1, -0.05) is 130 Å². The van der Waals surface area contributed by atoms with Crippen LogP contribution < -0.4 is 0 Å². The molecule has 0 saturated heterocycles. The second-order valence-corrected chi connectivity index (χ2v) is 14.2. The third-order valence-electron chi connectivity index (χ3n) is 7.87. The predicted molar refractivity (Wildman–Crippen MR) is 225 cm³/mol. The van der Waals surface area contributed by atoms with Gasteiger partial charge in [-0.15, -0.1) is 0 Å². The van der Waals surface area contributed by atoms with E-state index in [2.05, 4.69) is 92.8 Å². The third kappa shape index (κ3) is 38.3. The van der Waals surface area contributed by atoms with Crippen LogP contribution in [0, 0.1) is 0 Å². The fourth-order valence-corrected chi connectivity index (χ4v) is 4.75. The second kappa shape index (κ2) is 37.1. The lowest BCUT2D eigenvalue weighted by molar-refractivity contribution is -0.870. The Morgan fingerprint density at radius 1 is 0.564 bits per heavy atom. The molecule has 0 bridgehead atoms. The van der Waals surface area contributed by atoms with E-state index in [1.54, 1.807) is 6.08 Å². The van der Waals surface area contributed by atoms with E-state index in [9.17, 15) is 19.5 Å². The van der Waals surface area contributed by atoms with E-state index in [-0.39, 0.29) is 32.7 Å². The topological polar surface area (TPSA) is 108 Å². The Balaban J connectivity index is 4.69. The van der Waals surface area contributed by atoms with Gasteiger partial charge >= 0.3 is 17.9 Å². The van der Waals surface area contributed by atoms with Crippen LogP contribution in [0.5, 0.6) is 0 Å². The normalized spacial score (nSPS) is 14.0. The van der Waals surface area contributed by atoms with E-state index in [1.165, 1.54) is 0 Å². The number of quaternary nitrogens is 1. The molecule has 0 spiro atoms. The van der Waals surface area contributed by atoms with E-state index >= 15 is 0 Å². The maximum absolute atomic E-state index is 12.7. The molecule has 0 aromatic rings. The summed E-state index contributed by atoms with van der Waals surface area (Å²) in [5.41, 5.74) is 0. The average Bonchev–Trinajstić information content (AvgIpc) is 3.14. The standard InChI is InChI=1S/C46H73NO8/c1-6-8-10-12-14-16-18-20-22-24-26-28-30-32-34-36-43(48)53-40-42(41-54-46(45(50)51)52-39-38-47(3,4)5)55-44(49)37-35-33-31-29-27-25-23-21-19-17-15-13-11-9-7-2/h8-11,14-17,20-23,27,29,33,35,42,46H,6-7,12-13,18-19,24-26,28,30-32,34,36-41H2,1-5H3/p+1/b10-8-,11-9-,16-14-,17-15-,22-20-,23-21-,29-27-,35-33-. The van der Waals surface area contributed by atoms with Crippen LogP contribution in [0.15, 0.2) is 97.2 Å². The average molecular weight is 769 g/mol. The first kappa shape index (κ1) is 51.2. The Hall–Kier alpha value is -3.79. The summed E-state index contributed by atoms with van der Waals surface area (Å²) in [6.07, 6.45) is 45.0. The van der Waals surface area contributed by atoms with Crippen molar-refractivity contribution in [2.45, 2.75) is 129 Å². The maximum atomic E-state index is 12.7. The molecule has 9 nitrogen and oxygen atoms in total. The minimum Gasteiger partial charge on any atom is -0.477 e. The van der Waals surface area contributed by atoms with E-state index in [0.717, 1.165) is 77.0 Å². The Labute approximate surface area is 333 Å². The number of ether oxygens (including phenoxy) is 4. The summed E-state index contributed by atoms with van der Waals surface area (Å²) in [4.78, 5) is 36.9. The van der Waals surface area contributed by atoms with Gasteiger partial charge in [0.1, 0.15) is 13.2 Å². The molecule has 0 aromatic heterocycles. The van der Waals surface area contributed by atoms with E-state index in [1.807, 2.05) is 33.3 Å². The van der Waals surface area contributed by atoms with Crippen LogP contribution in [0.1, 0.15) is 117 Å². The fourth-order valence-electron chi connectivity index (χ4n) is 4.75. The fraction of sp³-hybridized carbons (Fsp3) is 0.587. The number of carbonyl (C=O) groups is 3. The van der Waals surface area contributed by atoms with Crippen LogP contribution >= 0.6 is 0 Å². The smallest absolute Gasteiger partial charge is 0.361 e. The first-order chi connectivity index (χ1) is 26.6. The SMILES string of the molecule is CC/C=C\C/C=C\C/C=C\C/C=C\C/C=C\CC(=O)OC(COC(=O)CCCCCCC/C=C\C/C=C\C/C=C\CC)COC(OCC[N+](C)(C)C)C(=O)O. The van der Waals surface area contributed by atoms with Crippen LogP contribution in [-0.4, -0.2) is 87.4 Å². The van der Waals surface area contributed by atoms with Crippen molar-refractivity contribution < 1.29 is 42.9 Å². The zero-order chi connectivity index (χ0) is 40.7. The number of nitrogens with zero attached hydrogens (tertiary/aromatic N) is 1. The van der Waals surface area contributed by atoms with Gasteiger partial charge in [0, 0.05) is 6.42 Å². The number of likely N-dealkylation sites (N-methyl/N-ethyl adjacent to an activating group) is 1. The third-order valence-corrected chi connectivity index (χ3v) is 7.87. The molecule has 0 heterocycles. The van der Waals surface area contributed by atoms with Crippen LogP contribution in [-0.2, 0) is 33.3 Å². The van der Waals surface area contributed by atoms with Gasteiger partial charge in [0.2, 0.25) is 0 Å².